The van der Waals surface area contributed by atoms with Crippen LogP contribution in [0, 0.1) is 0 Å². The maximum Gasteiger partial charge on any atom is 0.247 e. The Morgan fingerprint density at radius 2 is 1.86 bits per heavy atom. The van der Waals surface area contributed by atoms with Crippen molar-refractivity contribution >= 4 is 22.8 Å². The lowest BCUT2D eigenvalue weighted by molar-refractivity contribution is -0.142. The molecule has 8 heteroatoms. The zero-order valence-electron chi connectivity index (χ0n) is 20.7. The molecule has 1 fully saturated rings. The van der Waals surface area contributed by atoms with E-state index in [4.69, 9.17) is 4.74 Å². The molecule has 186 valence electrons. The molecule has 1 heterocycles. The number of hydrogen-bond acceptors (Lipinski definition) is 5. The largest absolute Gasteiger partial charge is 0.497 e. The van der Waals surface area contributed by atoms with E-state index in [0.717, 1.165) is 55.1 Å². The number of carbonyl (C=O) groups excluding carboxylic acids is 2. The van der Waals surface area contributed by atoms with Crippen molar-refractivity contribution in [3.8, 4) is 5.75 Å². The first kappa shape index (κ1) is 24.7. The Labute approximate surface area is 206 Å². The van der Waals surface area contributed by atoms with E-state index >= 15 is 0 Å². The highest BCUT2D eigenvalue weighted by molar-refractivity contribution is 5.89. The standard InChI is InChI=1S/C27H35N5O3/c1-3-4-18-31(25(33)19-32-24-13-9-8-12-23(24)29-30-32)26(20-14-16-22(35-2)17-15-20)27(34)28-21-10-6-5-7-11-21/h8-9,12-17,21,26H,3-7,10-11,18-19H2,1-2H3,(H,28,34). The van der Waals surface area contributed by atoms with Gasteiger partial charge in [0.1, 0.15) is 23.9 Å². The minimum Gasteiger partial charge on any atom is -0.497 e. The number of carbonyl (C=O) groups is 2. The molecule has 1 atom stereocenters. The topological polar surface area (TPSA) is 89.4 Å². The van der Waals surface area contributed by atoms with Crippen LogP contribution in [-0.4, -0.2) is 51.4 Å². The minimum atomic E-state index is -0.725. The Hall–Kier alpha value is -3.42. The van der Waals surface area contributed by atoms with Gasteiger partial charge >= 0.3 is 0 Å². The summed E-state index contributed by atoms with van der Waals surface area (Å²) in [6.07, 6.45) is 7.12. The highest BCUT2D eigenvalue weighted by Gasteiger charge is 2.33. The molecule has 1 aliphatic carbocycles. The third-order valence-corrected chi connectivity index (χ3v) is 6.72. The van der Waals surface area contributed by atoms with Gasteiger partial charge in [-0.05, 0) is 49.1 Å². The number of rotatable bonds is 10. The van der Waals surface area contributed by atoms with Gasteiger partial charge in [-0.3, -0.25) is 9.59 Å². The molecule has 0 radical (unpaired) electrons. The van der Waals surface area contributed by atoms with Crippen molar-refractivity contribution in [2.75, 3.05) is 13.7 Å². The minimum absolute atomic E-state index is 0.0214. The quantitative estimate of drug-likeness (QED) is 0.471. The van der Waals surface area contributed by atoms with Gasteiger partial charge in [-0.15, -0.1) is 5.10 Å². The Balaban J connectivity index is 1.64. The first-order valence-electron chi connectivity index (χ1n) is 12.6. The van der Waals surface area contributed by atoms with Gasteiger partial charge in [-0.25, -0.2) is 4.68 Å². The molecule has 1 saturated carbocycles. The van der Waals surface area contributed by atoms with Gasteiger partial charge in [0.15, 0.2) is 0 Å². The molecular formula is C27H35N5O3. The fraction of sp³-hybridized carbons (Fsp3) is 0.481. The lowest BCUT2D eigenvalue weighted by Gasteiger charge is -2.33. The normalized spacial score (nSPS) is 15.0. The summed E-state index contributed by atoms with van der Waals surface area (Å²) >= 11 is 0. The number of aromatic nitrogens is 3. The molecule has 4 rings (SSSR count). The summed E-state index contributed by atoms with van der Waals surface area (Å²) in [5, 5.41) is 11.6. The van der Waals surface area contributed by atoms with Crippen molar-refractivity contribution in [2.45, 2.75) is 70.5 Å². The molecule has 8 nitrogen and oxygen atoms in total. The first-order valence-corrected chi connectivity index (χ1v) is 12.6. The molecule has 1 aromatic heterocycles. The Kier molecular flexibility index (Phi) is 8.34. The second kappa shape index (κ2) is 11.8. The number of nitrogens with zero attached hydrogens (tertiary/aromatic N) is 4. The van der Waals surface area contributed by atoms with Gasteiger partial charge in [0, 0.05) is 12.6 Å². The summed E-state index contributed by atoms with van der Waals surface area (Å²) in [5.74, 6) is 0.421. The van der Waals surface area contributed by atoms with E-state index in [9.17, 15) is 9.59 Å². The monoisotopic (exact) mass is 477 g/mol. The van der Waals surface area contributed by atoms with E-state index in [0.29, 0.717) is 12.3 Å². The molecule has 1 aliphatic rings. The number of methoxy groups -OCH3 is 1. The smallest absolute Gasteiger partial charge is 0.247 e. The molecule has 2 aromatic carbocycles. The van der Waals surface area contributed by atoms with E-state index in [1.54, 1.807) is 16.7 Å². The molecule has 35 heavy (non-hydrogen) atoms. The predicted octanol–water partition coefficient (Wildman–Crippen LogP) is 4.26. The van der Waals surface area contributed by atoms with Crippen LogP contribution in [0.5, 0.6) is 5.75 Å². The number of hydrogen-bond donors (Lipinski definition) is 1. The van der Waals surface area contributed by atoms with Crippen LogP contribution in [-0.2, 0) is 16.1 Å². The second-order valence-corrected chi connectivity index (χ2v) is 9.20. The van der Waals surface area contributed by atoms with Crippen LogP contribution in [0.4, 0.5) is 0 Å². The number of benzene rings is 2. The van der Waals surface area contributed by atoms with Gasteiger partial charge < -0.3 is 15.0 Å². The zero-order chi connectivity index (χ0) is 24.6. The summed E-state index contributed by atoms with van der Waals surface area (Å²) in [4.78, 5) is 29.2. The van der Waals surface area contributed by atoms with Gasteiger partial charge in [0.05, 0.1) is 12.6 Å². The van der Waals surface area contributed by atoms with Crippen LogP contribution in [0.2, 0.25) is 0 Å². The third kappa shape index (κ3) is 5.99. The van der Waals surface area contributed by atoms with E-state index < -0.39 is 6.04 Å². The van der Waals surface area contributed by atoms with Crippen molar-refractivity contribution in [3.63, 3.8) is 0 Å². The molecular weight excluding hydrogens is 442 g/mol. The number of amides is 2. The van der Waals surface area contributed by atoms with Gasteiger partial charge in [0.2, 0.25) is 11.8 Å². The van der Waals surface area contributed by atoms with Crippen LogP contribution in [0.3, 0.4) is 0 Å². The summed E-state index contributed by atoms with van der Waals surface area (Å²) in [5.41, 5.74) is 2.30. The number of para-hydroxylation sites is 1. The summed E-state index contributed by atoms with van der Waals surface area (Å²) in [7, 11) is 1.61. The van der Waals surface area contributed by atoms with E-state index in [-0.39, 0.29) is 24.4 Å². The average molecular weight is 478 g/mol. The van der Waals surface area contributed by atoms with Crippen LogP contribution in [0.25, 0.3) is 11.0 Å². The second-order valence-electron chi connectivity index (χ2n) is 9.20. The summed E-state index contributed by atoms with van der Waals surface area (Å²) < 4.78 is 6.93. The van der Waals surface area contributed by atoms with E-state index in [2.05, 4.69) is 22.6 Å². The average Bonchev–Trinajstić information content (AvgIpc) is 3.30. The molecule has 1 unspecified atom stereocenters. The lowest BCUT2D eigenvalue weighted by Crippen LogP contribution is -2.48. The predicted molar refractivity (Wildman–Crippen MR) is 135 cm³/mol. The molecule has 0 bridgehead atoms. The fourth-order valence-electron chi connectivity index (χ4n) is 4.77. The maximum absolute atomic E-state index is 13.7. The van der Waals surface area contributed by atoms with E-state index in [1.807, 2.05) is 48.5 Å². The number of unbranched alkanes of at least 4 members (excludes halogenated alkanes) is 1. The highest BCUT2D eigenvalue weighted by atomic mass is 16.5. The molecule has 0 aliphatic heterocycles. The molecule has 2 amide bonds. The maximum atomic E-state index is 13.7. The lowest BCUT2D eigenvalue weighted by atomic mass is 9.94. The Bertz CT molecular complexity index is 1120. The molecule has 0 spiro atoms. The third-order valence-electron chi connectivity index (χ3n) is 6.72. The SMILES string of the molecule is CCCCN(C(=O)Cn1nnc2ccccc21)C(C(=O)NC1CCCCC1)c1ccc(OC)cc1. The highest BCUT2D eigenvalue weighted by Crippen LogP contribution is 2.27. The zero-order valence-corrected chi connectivity index (χ0v) is 20.7. The van der Waals surface area contributed by atoms with Crippen LogP contribution in [0.1, 0.15) is 63.5 Å². The summed E-state index contributed by atoms with van der Waals surface area (Å²) in [6, 6.07) is 14.4. The number of nitrogens with one attached hydrogen (secondary N) is 1. The van der Waals surface area contributed by atoms with Crippen LogP contribution in [0.15, 0.2) is 48.5 Å². The Morgan fingerprint density at radius 3 is 2.57 bits per heavy atom. The Morgan fingerprint density at radius 1 is 1.11 bits per heavy atom. The molecule has 3 aromatic rings. The van der Waals surface area contributed by atoms with Crippen molar-refractivity contribution in [2.24, 2.45) is 0 Å². The van der Waals surface area contributed by atoms with Crippen molar-refractivity contribution < 1.29 is 14.3 Å². The number of ether oxygens (including phenoxy) is 1. The first-order chi connectivity index (χ1) is 17.1. The number of fused-ring (bicyclic) bond motifs is 1. The van der Waals surface area contributed by atoms with Crippen molar-refractivity contribution in [1.82, 2.24) is 25.2 Å². The fourth-order valence-corrected chi connectivity index (χ4v) is 4.77. The van der Waals surface area contributed by atoms with Gasteiger partial charge in [-0.2, -0.15) is 0 Å². The van der Waals surface area contributed by atoms with Crippen molar-refractivity contribution in [3.05, 3.63) is 54.1 Å². The molecule has 0 saturated heterocycles. The van der Waals surface area contributed by atoms with Gasteiger partial charge in [0.25, 0.3) is 0 Å². The van der Waals surface area contributed by atoms with Crippen LogP contribution >= 0.6 is 0 Å². The van der Waals surface area contributed by atoms with Crippen LogP contribution < -0.4 is 10.1 Å². The van der Waals surface area contributed by atoms with Gasteiger partial charge in [-0.1, -0.05) is 62.1 Å². The summed E-state index contributed by atoms with van der Waals surface area (Å²) in [6.45, 7) is 2.59. The van der Waals surface area contributed by atoms with Crippen molar-refractivity contribution in [1.29, 1.82) is 0 Å². The molecule has 1 N–H and O–H groups in total. The van der Waals surface area contributed by atoms with E-state index in [1.165, 1.54) is 6.42 Å².